The first-order valence-corrected chi connectivity index (χ1v) is 4.55. The van der Waals surface area contributed by atoms with Crippen LogP contribution in [0.25, 0.3) is 0 Å². The van der Waals surface area contributed by atoms with E-state index in [-0.39, 0.29) is 11.6 Å². The van der Waals surface area contributed by atoms with E-state index in [0.717, 1.165) is 0 Å². The zero-order valence-corrected chi connectivity index (χ0v) is 9.02. The molecule has 3 nitrogen and oxygen atoms in total. The maximum Gasteiger partial charge on any atom is 0.407 e. The van der Waals surface area contributed by atoms with Crippen molar-refractivity contribution < 1.29 is 9.53 Å². The van der Waals surface area contributed by atoms with Gasteiger partial charge in [-0.25, -0.2) is 4.79 Å². The molecule has 3 heteroatoms. The van der Waals surface area contributed by atoms with E-state index in [1.165, 1.54) is 0 Å². The van der Waals surface area contributed by atoms with Crippen LogP contribution in [0.1, 0.15) is 41.5 Å². The normalized spacial score (nSPS) is 17.3. The summed E-state index contributed by atoms with van der Waals surface area (Å²) in [6, 6.07) is 0. The Bertz CT molecular complexity index is 122. The van der Waals surface area contributed by atoms with Gasteiger partial charge in [-0.3, -0.25) is 0 Å². The minimum absolute atomic E-state index is 0.156. The Morgan fingerprint density at radius 2 is 1.67 bits per heavy atom. The number of carbonyl (C=O) groups is 1. The molecule has 1 amide bonds. The number of hydrogen-bond donors (Lipinski definition) is 1. The molecule has 1 saturated heterocycles. The van der Waals surface area contributed by atoms with Crippen LogP contribution in [0.2, 0.25) is 0 Å². The number of alkyl carbamates (subject to hydrolysis) is 1. The van der Waals surface area contributed by atoms with Crippen molar-refractivity contribution in [3.05, 3.63) is 0 Å². The van der Waals surface area contributed by atoms with Crippen molar-refractivity contribution in [2.45, 2.75) is 47.1 Å². The predicted octanol–water partition coefficient (Wildman–Crippen LogP) is 2.56. The van der Waals surface area contributed by atoms with Crippen LogP contribution < -0.4 is 5.32 Å². The van der Waals surface area contributed by atoms with E-state index < -0.39 is 0 Å². The quantitative estimate of drug-likeness (QED) is 0.614. The monoisotopic (exact) mass is 175 g/mol. The summed E-state index contributed by atoms with van der Waals surface area (Å²) in [5.74, 6) is 0. The van der Waals surface area contributed by atoms with Crippen molar-refractivity contribution in [2.24, 2.45) is 0 Å². The molecule has 0 unspecified atom stereocenters. The van der Waals surface area contributed by atoms with E-state index in [2.05, 4.69) is 10.1 Å². The lowest BCUT2D eigenvalue weighted by atomic mass is 10.1. The van der Waals surface area contributed by atoms with Gasteiger partial charge in [0.25, 0.3) is 0 Å². The third kappa shape index (κ3) is 6.01. The first-order chi connectivity index (χ1) is 5.60. The predicted molar refractivity (Wildman–Crippen MR) is 51.3 cm³/mol. The van der Waals surface area contributed by atoms with Gasteiger partial charge in [0.15, 0.2) is 0 Å². The maximum absolute atomic E-state index is 10.3. The SMILES string of the molecule is CC.CC.CC1(C)COC(=O)N1. The van der Waals surface area contributed by atoms with E-state index in [1.807, 2.05) is 41.5 Å². The molecular formula is C9H21NO2. The highest BCUT2D eigenvalue weighted by Crippen LogP contribution is 2.08. The zero-order valence-electron chi connectivity index (χ0n) is 9.02. The summed E-state index contributed by atoms with van der Waals surface area (Å²) in [5.41, 5.74) is -0.156. The molecule has 0 spiro atoms. The smallest absolute Gasteiger partial charge is 0.407 e. The Kier molecular flexibility index (Phi) is 8.01. The van der Waals surface area contributed by atoms with Gasteiger partial charge in [-0.15, -0.1) is 0 Å². The molecule has 1 heterocycles. The first kappa shape index (κ1) is 13.8. The standard InChI is InChI=1S/C5H9NO2.2C2H6/c1-5(2)3-8-4(7)6-5;2*1-2/h3H2,1-2H3,(H,6,7);2*1-2H3. The van der Waals surface area contributed by atoms with E-state index >= 15 is 0 Å². The van der Waals surface area contributed by atoms with Crippen LogP contribution >= 0.6 is 0 Å². The molecule has 12 heavy (non-hydrogen) atoms. The summed E-state index contributed by atoms with van der Waals surface area (Å²) in [7, 11) is 0. The van der Waals surface area contributed by atoms with Gasteiger partial charge in [-0.1, -0.05) is 27.7 Å². The summed E-state index contributed by atoms with van der Waals surface area (Å²) < 4.78 is 4.62. The fourth-order valence-electron chi connectivity index (χ4n) is 0.594. The molecule has 1 fully saturated rings. The summed E-state index contributed by atoms with van der Waals surface area (Å²) >= 11 is 0. The van der Waals surface area contributed by atoms with Gasteiger partial charge in [0.1, 0.15) is 6.61 Å². The maximum atomic E-state index is 10.3. The Morgan fingerprint density at radius 3 is 1.75 bits per heavy atom. The Balaban J connectivity index is 0. The van der Waals surface area contributed by atoms with Gasteiger partial charge < -0.3 is 10.1 Å². The largest absolute Gasteiger partial charge is 0.447 e. The second kappa shape index (κ2) is 6.95. The Hall–Kier alpha value is -0.730. The lowest BCUT2D eigenvalue weighted by molar-refractivity contribution is 0.174. The third-order valence-corrected chi connectivity index (χ3v) is 1.00. The average molecular weight is 175 g/mol. The summed E-state index contributed by atoms with van der Waals surface area (Å²) in [5, 5.41) is 2.63. The lowest BCUT2D eigenvalue weighted by Crippen LogP contribution is -2.36. The van der Waals surface area contributed by atoms with Gasteiger partial charge in [0, 0.05) is 0 Å². The van der Waals surface area contributed by atoms with Gasteiger partial charge in [0.05, 0.1) is 5.54 Å². The van der Waals surface area contributed by atoms with Gasteiger partial charge in [-0.05, 0) is 13.8 Å². The molecule has 74 valence electrons. The fourth-order valence-corrected chi connectivity index (χ4v) is 0.594. The lowest BCUT2D eigenvalue weighted by Gasteiger charge is -2.11. The number of hydrogen-bond acceptors (Lipinski definition) is 2. The highest BCUT2D eigenvalue weighted by atomic mass is 16.6. The number of amides is 1. The highest BCUT2D eigenvalue weighted by Gasteiger charge is 2.29. The second-order valence-electron chi connectivity index (χ2n) is 2.59. The third-order valence-electron chi connectivity index (χ3n) is 1.00. The van der Waals surface area contributed by atoms with Crippen LogP contribution in [0, 0.1) is 0 Å². The zero-order chi connectivity index (χ0) is 10.2. The number of carbonyl (C=O) groups excluding carboxylic acids is 1. The van der Waals surface area contributed by atoms with Crippen LogP contribution in [-0.2, 0) is 4.74 Å². The summed E-state index contributed by atoms with van der Waals surface area (Å²) in [6.07, 6.45) is -0.310. The van der Waals surface area contributed by atoms with E-state index in [9.17, 15) is 4.79 Å². The molecule has 1 rings (SSSR count). The Morgan fingerprint density at radius 1 is 1.25 bits per heavy atom. The number of cyclic esters (lactones) is 1. The van der Waals surface area contributed by atoms with Crippen molar-refractivity contribution in [3.8, 4) is 0 Å². The van der Waals surface area contributed by atoms with Crippen LogP contribution in [0.3, 0.4) is 0 Å². The van der Waals surface area contributed by atoms with Gasteiger partial charge in [-0.2, -0.15) is 0 Å². The average Bonchev–Trinajstić information content (AvgIpc) is 2.37. The number of ether oxygens (including phenoxy) is 1. The molecule has 0 aliphatic carbocycles. The van der Waals surface area contributed by atoms with Crippen molar-refractivity contribution in [2.75, 3.05) is 6.61 Å². The van der Waals surface area contributed by atoms with Crippen LogP contribution in [0.5, 0.6) is 0 Å². The van der Waals surface area contributed by atoms with Crippen LogP contribution in [0.4, 0.5) is 4.79 Å². The van der Waals surface area contributed by atoms with Crippen LogP contribution in [-0.4, -0.2) is 18.2 Å². The molecule has 0 aromatic carbocycles. The molecule has 1 aliphatic rings. The molecule has 0 bridgehead atoms. The van der Waals surface area contributed by atoms with E-state index in [4.69, 9.17) is 0 Å². The molecule has 0 saturated carbocycles. The van der Waals surface area contributed by atoms with E-state index in [0.29, 0.717) is 6.61 Å². The van der Waals surface area contributed by atoms with Gasteiger partial charge in [0.2, 0.25) is 0 Å². The van der Waals surface area contributed by atoms with Crippen molar-refractivity contribution >= 4 is 6.09 Å². The minimum Gasteiger partial charge on any atom is -0.447 e. The summed E-state index contributed by atoms with van der Waals surface area (Å²) in [4.78, 5) is 10.3. The van der Waals surface area contributed by atoms with Crippen molar-refractivity contribution in [1.29, 1.82) is 0 Å². The van der Waals surface area contributed by atoms with Gasteiger partial charge >= 0.3 is 6.09 Å². The minimum atomic E-state index is -0.310. The molecule has 0 radical (unpaired) electrons. The van der Waals surface area contributed by atoms with Crippen molar-refractivity contribution in [1.82, 2.24) is 5.32 Å². The molecule has 0 aromatic heterocycles. The van der Waals surface area contributed by atoms with Crippen molar-refractivity contribution in [3.63, 3.8) is 0 Å². The number of rotatable bonds is 0. The van der Waals surface area contributed by atoms with Crippen LogP contribution in [0.15, 0.2) is 0 Å². The number of nitrogens with one attached hydrogen (secondary N) is 1. The molecule has 0 atom stereocenters. The Labute approximate surface area is 75.5 Å². The second-order valence-corrected chi connectivity index (χ2v) is 2.59. The fraction of sp³-hybridized carbons (Fsp3) is 0.889. The molecule has 1 aliphatic heterocycles. The topological polar surface area (TPSA) is 38.3 Å². The highest BCUT2D eigenvalue weighted by molar-refractivity contribution is 5.70. The first-order valence-electron chi connectivity index (χ1n) is 4.55. The molecule has 0 aromatic rings. The molecule has 1 N–H and O–H groups in total. The summed E-state index contributed by atoms with van der Waals surface area (Å²) in [6.45, 7) is 12.3. The molecular weight excluding hydrogens is 154 g/mol. The van der Waals surface area contributed by atoms with E-state index in [1.54, 1.807) is 0 Å².